The molecule has 0 bridgehead atoms. The molecule has 7 heteroatoms. The lowest BCUT2D eigenvalue weighted by molar-refractivity contribution is 0.0996. The fraction of sp³-hybridized carbons (Fsp3) is 0.174. The van der Waals surface area contributed by atoms with E-state index < -0.39 is 0 Å². The van der Waals surface area contributed by atoms with Gasteiger partial charge in [-0.15, -0.1) is 5.10 Å². The minimum Gasteiger partial charge on any atom is -0.460 e. The summed E-state index contributed by atoms with van der Waals surface area (Å²) in [6.45, 7) is 5.90. The van der Waals surface area contributed by atoms with Crippen molar-refractivity contribution in [3.63, 3.8) is 0 Å². The lowest BCUT2D eigenvalue weighted by atomic mass is 10.1. The van der Waals surface area contributed by atoms with Crippen LogP contribution in [-0.2, 0) is 0 Å². The third kappa shape index (κ3) is 4.10. The van der Waals surface area contributed by atoms with Gasteiger partial charge in [-0.2, -0.15) is 4.98 Å². The predicted octanol–water partition coefficient (Wildman–Crippen LogP) is 4.88. The van der Waals surface area contributed by atoms with Crippen LogP contribution in [0.15, 0.2) is 71.3 Å². The number of furan rings is 1. The second kappa shape index (κ2) is 8.24. The molecule has 7 nitrogen and oxygen atoms in total. The SMILES string of the molecule is Cc1ccccc1-c1nc(OC(C)C)nn1-c1ccc(NC(=O)c2ccco2)cc1. The van der Waals surface area contributed by atoms with Gasteiger partial charge < -0.3 is 14.5 Å². The average Bonchev–Trinajstić information content (AvgIpc) is 3.39. The molecular weight excluding hydrogens is 380 g/mol. The Hall–Kier alpha value is -3.87. The third-order valence-electron chi connectivity index (χ3n) is 4.43. The molecule has 0 aliphatic heterocycles. The van der Waals surface area contributed by atoms with E-state index in [9.17, 15) is 4.79 Å². The first-order valence-corrected chi connectivity index (χ1v) is 9.66. The highest BCUT2D eigenvalue weighted by Crippen LogP contribution is 2.27. The van der Waals surface area contributed by atoms with E-state index in [2.05, 4.69) is 15.4 Å². The zero-order chi connectivity index (χ0) is 21.1. The molecule has 30 heavy (non-hydrogen) atoms. The van der Waals surface area contributed by atoms with E-state index >= 15 is 0 Å². The molecule has 4 aromatic rings. The van der Waals surface area contributed by atoms with Crippen molar-refractivity contribution in [2.75, 3.05) is 5.32 Å². The summed E-state index contributed by atoms with van der Waals surface area (Å²) in [6.07, 6.45) is 1.43. The molecule has 4 rings (SSSR count). The Morgan fingerprint density at radius 1 is 1.07 bits per heavy atom. The highest BCUT2D eigenvalue weighted by molar-refractivity contribution is 6.02. The van der Waals surface area contributed by atoms with Crippen LogP contribution in [0.4, 0.5) is 5.69 Å². The monoisotopic (exact) mass is 402 g/mol. The van der Waals surface area contributed by atoms with Crippen molar-refractivity contribution in [2.45, 2.75) is 26.9 Å². The number of amides is 1. The highest BCUT2D eigenvalue weighted by Gasteiger charge is 2.17. The molecule has 1 N–H and O–H groups in total. The number of carbonyl (C=O) groups is 1. The number of aromatic nitrogens is 3. The second-order valence-corrected chi connectivity index (χ2v) is 7.09. The fourth-order valence-corrected chi connectivity index (χ4v) is 3.02. The zero-order valence-electron chi connectivity index (χ0n) is 17.0. The molecule has 2 aromatic heterocycles. The van der Waals surface area contributed by atoms with Gasteiger partial charge in [0.05, 0.1) is 18.1 Å². The number of hydrogen-bond donors (Lipinski definition) is 1. The molecule has 2 aromatic carbocycles. The Morgan fingerprint density at radius 3 is 2.50 bits per heavy atom. The number of anilines is 1. The lowest BCUT2D eigenvalue weighted by Gasteiger charge is -2.09. The molecule has 0 unspecified atom stereocenters. The quantitative estimate of drug-likeness (QED) is 0.497. The van der Waals surface area contributed by atoms with E-state index in [1.807, 2.05) is 69.3 Å². The van der Waals surface area contributed by atoms with Crippen LogP contribution in [0, 0.1) is 6.92 Å². The number of benzene rings is 2. The van der Waals surface area contributed by atoms with Gasteiger partial charge in [0, 0.05) is 11.3 Å². The number of nitrogens with zero attached hydrogens (tertiary/aromatic N) is 3. The molecule has 0 atom stereocenters. The van der Waals surface area contributed by atoms with Gasteiger partial charge in [-0.1, -0.05) is 24.3 Å². The Bertz CT molecular complexity index is 1150. The Labute approximate surface area is 174 Å². The van der Waals surface area contributed by atoms with Crippen LogP contribution in [0.2, 0.25) is 0 Å². The Morgan fingerprint density at radius 2 is 1.83 bits per heavy atom. The van der Waals surface area contributed by atoms with Crippen LogP contribution >= 0.6 is 0 Å². The molecule has 0 aliphatic rings. The predicted molar refractivity (Wildman–Crippen MR) is 114 cm³/mol. The molecular formula is C23H22N4O3. The van der Waals surface area contributed by atoms with Crippen molar-refractivity contribution in [1.82, 2.24) is 14.8 Å². The van der Waals surface area contributed by atoms with E-state index in [0.717, 1.165) is 16.8 Å². The first-order valence-electron chi connectivity index (χ1n) is 9.66. The van der Waals surface area contributed by atoms with Crippen LogP contribution in [0.5, 0.6) is 6.01 Å². The van der Waals surface area contributed by atoms with E-state index in [1.54, 1.807) is 16.8 Å². The molecule has 1 amide bonds. The first kappa shape index (κ1) is 19.4. The summed E-state index contributed by atoms with van der Waals surface area (Å²) in [7, 11) is 0. The van der Waals surface area contributed by atoms with Crippen LogP contribution in [-0.4, -0.2) is 26.8 Å². The number of carbonyl (C=O) groups excluding carboxylic acids is 1. The van der Waals surface area contributed by atoms with E-state index in [0.29, 0.717) is 17.5 Å². The molecule has 0 spiro atoms. The van der Waals surface area contributed by atoms with Crippen LogP contribution in [0.1, 0.15) is 30.0 Å². The maximum Gasteiger partial charge on any atom is 0.336 e. The van der Waals surface area contributed by atoms with Crippen molar-refractivity contribution in [3.8, 4) is 23.1 Å². The standard InChI is InChI=1S/C23H22N4O3/c1-15(2)30-23-25-21(19-8-5-4-7-16(19)3)27(26-23)18-12-10-17(11-13-18)24-22(28)20-9-6-14-29-20/h4-15H,1-3H3,(H,24,28). The van der Waals surface area contributed by atoms with Gasteiger partial charge >= 0.3 is 6.01 Å². The first-order chi connectivity index (χ1) is 14.5. The third-order valence-corrected chi connectivity index (χ3v) is 4.43. The summed E-state index contributed by atoms with van der Waals surface area (Å²) < 4.78 is 12.6. The van der Waals surface area contributed by atoms with Gasteiger partial charge in [-0.3, -0.25) is 4.79 Å². The Kier molecular flexibility index (Phi) is 5.34. The minimum absolute atomic E-state index is 0.0373. The maximum absolute atomic E-state index is 12.2. The van der Waals surface area contributed by atoms with Crippen LogP contribution in [0.3, 0.4) is 0 Å². The molecule has 2 heterocycles. The van der Waals surface area contributed by atoms with Crippen LogP contribution < -0.4 is 10.1 Å². The minimum atomic E-state index is -0.304. The van der Waals surface area contributed by atoms with Crippen molar-refractivity contribution >= 4 is 11.6 Å². The summed E-state index contributed by atoms with van der Waals surface area (Å²) in [5, 5.41) is 7.36. The number of nitrogens with one attached hydrogen (secondary N) is 1. The molecule has 0 saturated carbocycles. The maximum atomic E-state index is 12.2. The smallest absolute Gasteiger partial charge is 0.336 e. The summed E-state index contributed by atoms with van der Waals surface area (Å²) >= 11 is 0. The van der Waals surface area contributed by atoms with E-state index in [4.69, 9.17) is 9.15 Å². The summed E-state index contributed by atoms with van der Waals surface area (Å²) in [4.78, 5) is 16.8. The van der Waals surface area contributed by atoms with Gasteiger partial charge in [-0.25, -0.2) is 4.68 Å². The van der Waals surface area contributed by atoms with Gasteiger partial charge in [-0.05, 0) is 62.7 Å². The van der Waals surface area contributed by atoms with Gasteiger partial charge in [0.2, 0.25) is 0 Å². The van der Waals surface area contributed by atoms with E-state index in [-0.39, 0.29) is 17.8 Å². The number of ether oxygens (including phenoxy) is 1. The summed E-state index contributed by atoms with van der Waals surface area (Å²) in [5.41, 5.74) is 3.51. The molecule has 0 radical (unpaired) electrons. The molecule has 152 valence electrons. The summed E-state index contributed by atoms with van der Waals surface area (Å²) in [5.74, 6) is 0.644. The van der Waals surface area contributed by atoms with Gasteiger partial charge in [0.25, 0.3) is 5.91 Å². The lowest BCUT2D eigenvalue weighted by Crippen LogP contribution is -2.11. The topological polar surface area (TPSA) is 82.2 Å². The number of hydrogen-bond acceptors (Lipinski definition) is 5. The van der Waals surface area contributed by atoms with Crippen molar-refractivity contribution in [2.24, 2.45) is 0 Å². The Balaban J connectivity index is 1.66. The molecule has 0 saturated heterocycles. The van der Waals surface area contributed by atoms with E-state index in [1.165, 1.54) is 6.26 Å². The summed E-state index contributed by atoms with van der Waals surface area (Å²) in [6, 6.07) is 19.0. The second-order valence-electron chi connectivity index (χ2n) is 7.09. The molecule has 0 aliphatic carbocycles. The van der Waals surface area contributed by atoms with Gasteiger partial charge in [0.1, 0.15) is 0 Å². The van der Waals surface area contributed by atoms with Crippen molar-refractivity contribution < 1.29 is 13.9 Å². The fourth-order valence-electron chi connectivity index (χ4n) is 3.02. The van der Waals surface area contributed by atoms with Crippen molar-refractivity contribution in [1.29, 1.82) is 0 Å². The van der Waals surface area contributed by atoms with Gasteiger partial charge in [0.15, 0.2) is 11.6 Å². The number of aryl methyl sites for hydroxylation is 1. The van der Waals surface area contributed by atoms with Crippen molar-refractivity contribution in [3.05, 3.63) is 78.3 Å². The normalized spacial score (nSPS) is 10.9. The largest absolute Gasteiger partial charge is 0.460 e. The number of rotatable bonds is 6. The van der Waals surface area contributed by atoms with Crippen LogP contribution in [0.25, 0.3) is 17.1 Å². The highest BCUT2D eigenvalue weighted by atomic mass is 16.5. The molecule has 0 fully saturated rings. The average molecular weight is 402 g/mol. The zero-order valence-corrected chi connectivity index (χ0v) is 17.0.